The minimum Gasteiger partial charge on any atom is -0.303 e. The summed E-state index contributed by atoms with van der Waals surface area (Å²) >= 11 is 3.35. The van der Waals surface area contributed by atoms with E-state index in [4.69, 9.17) is 0 Å². The highest BCUT2D eigenvalue weighted by Gasteiger charge is 2.21. The SMILES string of the molecule is CC(C)(F)c1ccc(CCC=O)cc1Br. The van der Waals surface area contributed by atoms with Crippen LogP contribution in [0.3, 0.4) is 0 Å². The van der Waals surface area contributed by atoms with Crippen LogP contribution in [0.5, 0.6) is 0 Å². The van der Waals surface area contributed by atoms with Crippen molar-refractivity contribution in [3.63, 3.8) is 0 Å². The number of hydrogen-bond donors (Lipinski definition) is 0. The number of aldehydes is 1. The van der Waals surface area contributed by atoms with Gasteiger partial charge >= 0.3 is 0 Å². The summed E-state index contributed by atoms with van der Waals surface area (Å²) in [7, 11) is 0. The van der Waals surface area contributed by atoms with Crippen LogP contribution < -0.4 is 0 Å². The first-order valence-electron chi connectivity index (χ1n) is 4.86. The van der Waals surface area contributed by atoms with Gasteiger partial charge in [0.1, 0.15) is 12.0 Å². The molecule has 1 nitrogen and oxygen atoms in total. The summed E-state index contributed by atoms with van der Waals surface area (Å²) in [5.74, 6) is 0. The topological polar surface area (TPSA) is 17.1 Å². The average molecular weight is 273 g/mol. The normalized spacial score (nSPS) is 11.5. The molecule has 0 N–H and O–H groups in total. The van der Waals surface area contributed by atoms with Crippen molar-refractivity contribution in [1.82, 2.24) is 0 Å². The van der Waals surface area contributed by atoms with Gasteiger partial charge in [-0.1, -0.05) is 28.1 Å². The molecule has 1 aromatic carbocycles. The number of halogens is 2. The first kappa shape index (κ1) is 12.4. The van der Waals surface area contributed by atoms with Crippen molar-refractivity contribution in [2.45, 2.75) is 32.4 Å². The van der Waals surface area contributed by atoms with Crippen LogP contribution in [0.25, 0.3) is 0 Å². The summed E-state index contributed by atoms with van der Waals surface area (Å²) in [6, 6.07) is 5.51. The Hall–Kier alpha value is -0.700. The summed E-state index contributed by atoms with van der Waals surface area (Å²) in [4.78, 5) is 10.2. The highest BCUT2D eigenvalue weighted by atomic mass is 79.9. The van der Waals surface area contributed by atoms with Crippen LogP contribution in [0, 0.1) is 0 Å². The van der Waals surface area contributed by atoms with E-state index in [2.05, 4.69) is 15.9 Å². The average Bonchev–Trinajstić information content (AvgIpc) is 2.12. The molecule has 0 bridgehead atoms. The molecule has 0 saturated heterocycles. The van der Waals surface area contributed by atoms with E-state index in [0.29, 0.717) is 18.4 Å². The second-order valence-electron chi connectivity index (χ2n) is 3.99. The molecule has 0 aliphatic rings. The number of rotatable bonds is 4. The molecule has 3 heteroatoms. The first-order valence-corrected chi connectivity index (χ1v) is 5.66. The molecule has 0 heterocycles. The molecule has 15 heavy (non-hydrogen) atoms. The van der Waals surface area contributed by atoms with E-state index in [1.165, 1.54) is 13.8 Å². The van der Waals surface area contributed by atoms with Crippen LogP contribution in [0.2, 0.25) is 0 Å². The molecule has 0 spiro atoms. The Balaban J connectivity index is 2.93. The Morgan fingerprint density at radius 2 is 2.13 bits per heavy atom. The van der Waals surface area contributed by atoms with Gasteiger partial charge in [0.15, 0.2) is 0 Å². The first-order chi connectivity index (χ1) is 6.95. The fourth-order valence-corrected chi connectivity index (χ4v) is 2.32. The van der Waals surface area contributed by atoms with E-state index < -0.39 is 5.67 Å². The molecule has 0 unspecified atom stereocenters. The van der Waals surface area contributed by atoms with Gasteiger partial charge in [-0.05, 0) is 31.9 Å². The largest absolute Gasteiger partial charge is 0.303 e. The Morgan fingerprint density at radius 1 is 1.47 bits per heavy atom. The monoisotopic (exact) mass is 272 g/mol. The lowest BCUT2D eigenvalue weighted by molar-refractivity contribution is -0.107. The van der Waals surface area contributed by atoms with Gasteiger partial charge in [0.25, 0.3) is 0 Å². The molecule has 1 aromatic rings. The fourth-order valence-electron chi connectivity index (χ4n) is 1.42. The summed E-state index contributed by atoms with van der Waals surface area (Å²) < 4.78 is 14.4. The molecule has 0 radical (unpaired) electrons. The van der Waals surface area contributed by atoms with Crippen LogP contribution in [0.1, 0.15) is 31.4 Å². The smallest absolute Gasteiger partial charge is 0.131 e. The third-order valence-electron chi connectivity index (χ3n) is 2.22. The van der Waals surface area contributed by atoms with Gasteiger partial charge in [0, 0.05) is 16.5 Å². The van der Waals surface area contributed by atoms with Crippen molar-refractivity contribution in [2.75, 3.05) is 0 Å². The van der Waals surface area contributed by atoms with Gasteiger partial charge in [0.2, 0.25) is 0 Å². The van der Waals surface area contributed by atoms with Crippen LogP contribution >= 0.6 is 15.9 Å². The van der Waals surface area contributed by atoms with E-state index in [1.54, 1.807) is 6.07 Å². The lowest BCUT2D eigenvalue weighted by Crippen LogP contribution is -2.10. The second-order valence-corrected chi connectivity index (χ2v) is 4.85. The number of carbonyl (C=O) groups is 1. The van der Waals surface area contributed by atoms with E-state index >= 15 is 0 Å². The summed E-state index contributed by atoms with van der Waals surface area (Å²) in [5, 5.41) is 0. The van der Waals surface area contributed by atoms with Crippen molar-refractivity contribution in [1.29, 1.82) is 0 Å². The highest BCUT2D eigenvalue weighted by molar-refractivity contribution is 9.10. The zero-order chi connectivity index (χ0) is 11.5. The maximum Gasteiger partial charge on any atom is 0.131 e. The quantitative estimate of drug-likeness (QED) is 0.763. The van der Waals surface area contributed by atoms with Crippen molar-refractivity contribution in [3.05, 3.63) is 33.8 Å². The Bertz CT molecular complexity index is 355. The van der Waals surface area contributed by atoms with Crippen LogP contribution in [0.4, 0.5) is 4.39 Å². The molecular formula is C12H14BrFO. The molecular weight excluding hydrogens is 259 g/mol. The molecule has 0 aliphatic heterocycles. The molecule has 0 aliphatic carbocycles. The molecule has 0 fully saturated rings. The van der Waals surface area contributed by atoms with Crippen LogP contribution in [-0.2, 0) is 16.9 Å². The number of alkyl halides is 1. The standard InChI is InChI=1S/C12H14BrFO/c1-12(2,14)10-6-5-9(4-3-7-15)8-11(10)13/h5-8H,3-4H2,1-2H3. The van der Waals surface area contributed by atoms with Gasteiger partial charge < -0.3 is 4.79 Å². The molecule has 0 aromatic heterocycles. The molecule has 0 amide bonds. The van der Waals surface area contributed by atoms with Crippen molar-refractivity contribution < 1.29 is 9.18 Å². The minimum absolute atomic E-state index is 0.505. The second kappa shape index (κ2) is 4.88. The van der Waals surface area contributed by atoms with Gasteiger partial charge in [-0.25, -0.2) is 4.39 Å². The number of benzene rings is 1. The van der Waals surface area contributed by atoms with Crippen molar-refractivity contribution in [2.24, 2.45) is 0 Å². The molecule has 0 atom stereocenters. The minimum atomic E-state index is -1.35. The maximum absolute atomic E-state index is 13.7. The van der Waals surface area contributed by atoms with Gasteiger partial charge in [-0.3, -0.25) is 0 Å². The predicted molar refractivity (Wildman–Crippen MR) is 62.7 cm³/mol. The van der Waals surface area contributed by atoms with Gasteiger partial charge in [-0.2, -0.15) is 0 Å². The predicted octanol–water partition coefficient (Wildman–Crippen LogP) is 3.79. The summed E-state index contributed by atoms with van der Waals surface area (Å²) in [6.07, 6.45) is 2.10. The lowest BCUT2D eigenvalue weighted by Gasteiger charge is -2.17. The van der Waals surface area contributed by atoms with Crippen LogP contribution in [0.15, 0.2) is 22.7 Å². The molecule has 82 valence electrons. The van der Waals surface area contributed by atoms with E-state index in [1.807, 2.05) is 12.1 Å². The highest BCUT2D eigenvalue weighted by Crippen LogP contribution is 2.31. The van der Waals surface area contributed by atoms with Gasteiger partial charge in [0.05, 0.1) is 0 Å². The third kappa shape index (κ3) is 3.42. The van der Waals surface area contributed by atoms with E-state index in [-0.39, 0.29) is 0 Å². The van der Waals surface area contributed by atoms with E-state index in [0.717, 1.165) is 16.3 Å². The number of carbonyl (C=O) groups excluding carboxylic acids is 1. The third-order valence-corrected chi connectivity index (χ3v) is 2.88. The number of hydrogen-bond acceptors (Lipinski definition) is 1. The molecule has 0 saturated carbocycles. The van der Waals surface area contributed by atoms with Crippen molar-refractivity contribution in [3.8, 4) is 0 Å². The van der Waals surface area contributed by atoms with E-state index in [9.17, 15) is 9.18 Å². The number of aryl methyl sites for hydroxylation is 1. The Morgan fingerprint density at radius 3 is 2.60 bits per heavy atom. The van der Waals surface area contributed by atoms with Gasteiger partial charge in [-0.15, -0.1) is 0 Å². The Kier molecular flexibility index (Phi) is 4.03. The maximum atomic E-state index is 13.7. The van der Waals surface area contributed by atoms with Crippen molar-refractivity contribution >= 4 is 22.2 Å². The zero-order valence-corrected chi connectivity index (χ0v) is 10.5. The van der Waals surface area contributed by atoms with Crippen LogP contribution in [-0.4, -0.2) is 6.29 Å². The zero-order valence-electron chi connectivity index (χ0n) is 8.89. The molecule has 1 rings (SSSR count). The lowest BCUT2D eigenvalue weighted by atomic mass is 9.98. The summed E-state index contributed by atoms with van der Waals surface area (Å²) in [6.45, 7) is 3.05. The summed E-state index contributed by atoms with van der Waals surface area (Å²) in [5.41, 5.74) is 0.335. The fraction of sp³-hybridized carbons (Fsp3) is 0.417. The Labute approximate surface area is 97.8 Å².